The van der Waals surface area contributed by atoms with Gasteiger partial charge in [0.1, 0.15) is 0 Å². The van der Waals surface area contributed by atoms with Gasteiger partial charge in [-0.2, -0.15) is 4.31 Å². The summed E-state index contributed by atoms with van der Waals surface area (Å²) in [6, 6.07) is 14.9. The second kappa shape index (κ2) is 9.31. The Bertz CT molecular complexity index is 977. The zero-order chi connectivity index (χ0) is 21.8. The number of aryl methyl sites for hydroxylation is 1. The predicted molar refractivity (Wildman–Crippen MR) is 120 cm³/mol. The van der Waals surface area contributed by atoms with Gasteiger partial charge in [0.05, 0.1) is 4.90 Å². The normalized spacial score (nSPS) is 16.1. The molecule has 0 unspecified atom stereocenters. The molecule has 5 nitrogen and oxygen atoms in total. The van der Waals surface area contributed by atoms with Crippen molar-refractivity contribution in [2.24, 2.45) is 0 Å². The molecule has 1 N–H and O–H groups in total. The zero-order valence-corrected chi connectivity index (χ0v) is 19.0. The number of rotatable bonds is 6. The molecule has 1 fully saturated rings. The molecule has 2 aromatic carbocycles. The number of amides is 1. The summed E-state index contributed by atoms with van der Waals surface area (Å²) >= 11 is 0. The summed E-state index contributed by atoms with van der Waals surface area (Å²) in [5, 5.41) is 3.06. The lowest BCUT2D eigenvalue weighted by Crippen LogP contribution is -2.45. The van der Waals surface area contributed by atoms with Crippen molar-refractivity contribution >= 4 is 15.9 Å². The van der Waals surface area contributed by atoms with Crippen molar-refractivity contribution < 1.29 is 13.2 Å². The summed E-state index contributed by atoms with van der Waals surface area (Å²) in [6.45, 7) is 6.82. The van der Waals surface area contributed by atoms with Crippen molar-refractivity contribution in [3.05, 3.63) is 65.2 Å². The van der Waals surface area contributed by atoms with Crippen LogP contribution in [0.25, 0.3) is 0 Å². The van der Waals surface area contributed by atoms with E-state index in [2.05, 4.69) is 5.32 Å². The lowest BCUT2D eigenvalue weighted by molar-refractivity contribution is 0.0913. The molecule has 1 heterocycles. The third-order valence-electron chi connectivity index (χ3n) is 5.57. The van der Waals surface area contributed by atoms with Gasteiger partial charge in [0.15, 0.2) is 0 Å². The third kappa shape index (κ3) is 5.49. The number of hydrogen-bond donors (Lipinski definition) is 1. The highest BCUT2D eigenvalue weighted by Crippen LogP contribution is 2.24. The second-order valence-electron chi connectivity index (χ2n) is 8.80. The van der Waals surface area contributed by atoms with Crippen molar-refractivity contribution in [2.45, 2.75) is 63.3 Å². The molecule has 30 heavy (non-hydrogen) atoms. The molecule has 1 aliphatic heterocycles. The van der Waals surface area contributed by atoms with Gasteiger partial charge in [0.2, 0.25) is 10.0 Å². The molecule has 162 valence electrons. The molecule has 0 atom stereocenters. The Morgan fingerprint density at radius 1 is 1.00 bits per heavy atom. The van der Waals surface area contributed by atoms with Crippen LogP contribution in [0.2, 0.25) is 0 Å². The molecule has 1 amide bonds. The summed E-state index contributed by atoms with van der Waals surface area (Å²) in [6.07, 6.45) is 4.57. The molecule has 0 radical (unpaired) electrons. The Labute approximate surface area is 180 Å². The van der Waals surface area contributed by atoms with Gasteiger partial charge in [-0.05, 0) is 63.3 Å². The maximum absolute atomic E-state index is 13.3. The first kappa shape index (κ1) is 22.5. The zero-order valence-electron chi connectivity index (χ0n) is 18.1. The molecule has 0 spiro atoms. The van der Waals surface area contributed by atoms with Gasteiger partial charge in [-0.3, -0.25) is 4.79 Å². The minimum Gasteiger partial charge on any atom is -0.347 e. The van der Waals surface area contributed by atoms with E-state index in [0.717, 1.165) is 31.2 Å². The van der Waals surface area contributed by atoms with Crippen molar-refractivity contribution in [3.8, 4) is 0 Å². The minimum absolute atomic E-state index is 0.234. The number of nitrogens with zero attached hydrogens (tertiary/aromatic N) is 1. The van der Waals surface area contributed by atoms with Crippen molar-refractivity contribution in [3.63, 3.8) is 0 Å². The van der Waals surface area contributed by atoms with E-state index < -0.39 is 15.6 Å². The quantitative estimate of drug-likeness (QED) is 0.745. The van der Waals surface area contributed by atoms with Gasteiger partial charge in [-0.25, -0.2) is 8.42 Å². The number of sulfonamides is 1. The van der Waals surface area contributed by atoms with Gasteiger partial charge in [0.25, 0.3) is 5.91 Å². The number of benzene rings is 2. The minimum atomic E-state index is -3.61. The number of hydrogen-bond acceptors (Lipinski definition) is 3. The first-order valence-corrected chi connectivity index (χ1v) is 12.1. The number of carbonyl (C=O) groups is 1. The molecule has 0 bridgehead atoms. The maximum Gasteiger partial charge on any atom is 0.251 e. The van der Waals surface area contributed by atoms with Crippen LogP contribution in [0, 0.1) is 6.92 Å². The van der Waals surface area contributed by atoms with Crippen LogP contribution in [-0.2, 0) is 16.4 Å². The monoisotopic (exact) mass is 428 g/mol. The standard InChI is InChI=1S/C24H32N2O3S/c1-19-13-14-21(17-22(19)30(28,29)26-15-9-4-5-10-16-26)23(27)25-24(2,3)18-20-11-7-6-8-12-20/h6-8,11-14,17H,4-5,9-10,15-16,18H2,1-3H3,(H,25,27). The fraction of sp³-hybridized carbons (Fsp3) is 0.458. The molecular formula is C24H32N2O3S. The first-order chi connectivity index (χ1) is 14.2. The van der Waals surface area contributed by atoms with Crippen molar-refractivity contribution in [1.29, 1.82) is 0 Å². The maximum atomic E-state index is 13.3. The number of nitrogens with one attached hydrogen (secondary N) is 1. The molecule has 6 heteroatoms. The topological polar surface area (TPSA) is 66.5 Å². The van der Waals surface area contributed by atoms with Crippen LogP contribution in [0.4, 0.5) is 0 Å². The molecule has 0 saturated carbocycles. The van der Waals surface area contributed by atoms with Crippen LogP contribution in [0.5, 0.6) is 0 Å². The summed E-state index contributed by atoms with van der Waals surface area (Å²) in [5.74, 6) is -0.261. The van der Waals surface area contributed by atoms with Crippen LogP contribution >= 0.6 is 0 Å². The second-order valence-corrected chi connectivity index (χ2v) is 10.7. The van der Waals surface area contributed by atoms with E-state index in [0.29, 0.717) is 30.6 Å². The molecule has 0 aliphatic carbocycles. The van der Waals surface area contributed by atoms with E-state index in [1.54, 1.807) is 23.4 Å². The average molecular weight is 429 g/mol. The van der Waals surface area contributed by atoms with Crippen LogP contribution in [0.1, 0.15) is 61.0 Å². The highest BCUT2D eigenvalue weighted by molar-refractivity contribution is 7.89. The van der Waals surface area contributed by atoms with E-state index in [4.69, 9.17) is 0 Å². The fourth-order valence-electron chi connectivity index (χ4n) is 3.97. The van der Waals surface area contributed by atoms with Crippen molar-refractivity contribution in [1.82, 2.24) is 9.62 Å². The molecular weight excluding hydrogens is 396 g/mol. The van der Waals surface area contributed by atoms with Crippen LogP contribution in [-0.4, -0.2) is 37.3 Å². The fourth-order valence-corrected chi connectivity index (χ4v) is 5.74. The van der Waals surface area contributed by atoms with E-state index in [1.807, 2.05) is 44.2 Å². The number of carbonyl (C=O) groups excluding carboxylic acids is 1. The molecule has 1 aliphatic rings. The van der Waals surface area contributed by atoms with Gasteiger partial charge >= 0.3 is 0 Å². The highest BCUT2D eigenvalue weighted by atomic mass is 32.2. The summed E-state index contributed by atoms with van der Waals surface area (Å²) in [5.41, 5.74) is 1.71. The Morgan fingerprint density at radius 3 is 2.27 bits per heavy atom. The van der Waals surface area contributed by atoms with E-state index in [9.17, 15) is 13.2 Å². The summed E-state index contributed by atoms with van der Waals surface area (Å²) in [4.78, 5) is 13.2. The Morgan fingerprint density at radius 2 is 1.63 bits per heavy atom. The van der Waals surface area contributed by atoms with Gasteiger partial charge in [0, 0.05) is 24.2 Å². The smallest absolute Gasteiger partial charge is 0.251 e. The Balaban J connectivity index is 1.80. The van der Waals surface area contributed by atoms with Crippen LogP contribution < -0.4 is 5.32 Å². The first-order valence-electron chi connectivity index (χ1n) is 10.7. The summed E-state index contributed by atoms with van der Waals surface area (Å²) < 4.78 is 28.1. The van der Waals surface area contributed by atoms with Gasteiger partial charge in [-0.15, -0.1) is 0 Å². The Hall–Kier alpha value is -2.18. The van der Waals surface area contributed by atoms with E-state index in [1.165, 1.54) is 6.07 Å². The van der Waals surface area contributed by atoms with Crippen LogP contribution in [0.15, 0.2) is 53.4 Å². The molecule has 1 saturated heterocycles. The largest absolute Gasteiger partial charge is 0.347 e. The SMILES string of the molecule is Cc1ccc(C(=O)NC(C)(C)Cc2ccccc2)cc1S(=O)(=O)N1CCCCCC1. The lowest BCUT2D eigenvalue weighted by atomic mass is 9.94. The predicted octanol–water partition coefficient (Wildman–Crippen LogP) is 4.31. The lowest BCUT2D eigenvalue weighted by Gasteiger charge is -2.27. The average Bonchev–Trinajstić information content (AvgIpc) is 2.98. The Kier molecular flexibility index (Phi) is 6.98. The van der Waals surface area contributed by atoms with Gasteiger partial charge < -0.3 is 5.32 Å². The van der Waals surface area contributed by atoms with E-state index in [-0.39, 0.29) is 10.8 Å². The molecule has 2 aromatic rings. The van der Waals surface area contributed by atoms with E-state index >= 15 is 0 Å². The summed E-state index contributed by atoms with van der Waals surface area (Å²) in [7, 11) is -3.61. The molecule has 3 rings (SSSR count). The highest BCUT2D eigenvalue weighted by Gasteiger charge is 2.28. The third-order valence-corrected chi connectivity index (χ3v) is 7.61. The van der Waals surface area contributed by atoms with Crippen LogP contribution in [0.3, 0.4) is 0 Å². The molecule has 0 aromatic heterocycles. The van der Waals surface area contributed by atoms with Crippen molar-refractivity contribution in [2.75, 3.05) is 13.1 Å². The van der Waals surface area contributed by atoms with Gasteiger partial charge in [-0.1, -0.05) is 49.2 Å².